The van der Waals surface area contributed by atoms with E-state index in [9.17, 15) is 9.59 Å². The van der Waals surface area contributed by atoms with Crippen LogP contribution in [0.3, 0.4) is 0 Å². The van der Waals surface area contributed by atoms with E-state index in [1.54, 1.807) is 18.2 Å². The van der Waals surface area contributed by atoms with Crippen LogP contribution in [0.4, 0.5) is 4.79 Å². The number of hydrogen-bond donors (Lipinski definition) is 1. The second-order valence-corrected chi connectivity index (χ2v) is 4.35. The molecule has 120 valence electrons. The third-order valence-electron chi connectivity index (χ3n) is 2.46. The first-order valence-electron chi connectivity index (χ1n) is 6.11. The molecule has 0 heterocycles. The maximum Gasteiger partial charge on any atom is 0.407 e. The smallest absolute Gasteiger partial charge is 0.407 e. The number of benzene rings is 1. The molecule has 0 atom stereocenters. The molecule has 0 radical (unpaired) electrons. The van der Waals surface area contributed by atoms with Gasteiger partial charge in [0.15, 0.2) is 0 Å². The third kappa shape index (κ3) is 5.17. The Balaban J connectivity index is 2.99. The molecule has 0 unspecified atom stereocenters. The normalized spacial score (nSPS) is 10.6. The molecule has 0 fully saturated rings. The van der Waals surface area contributed by atoms with E-state index in [0.29, 0.717) is 16.3 Å². The van der Waals surface area contributed by atoms with E-state index >= 15 is 0 Å². The molecule has 7 nitrogen and oxygen atoms in total. The van der Waals surface area contributed by atoms with Crippen molar-refractivity contribution in [2.24, 2.45) is 0 Å². The summed E-state index contributed by atoms with van der Waals surface area (Å²) in [5.74, 6) is -0.537. The largest absolute Gasteiger partial charge is 0.500 e. The summed E-state index contributed by atoms with van der Waals surface area (Å²) in [6, 6.07) is 4.73. The molecule has 1 N–H and O–H groups in total. The molecule has 1 aromatic carbocycles. The number of carbonyl (C=O) groups is 2. The fourth-order valence-electron chi connectivity index (χ4n) is 1.47. The van der Waals surface area contributed by atoms with Gasteiger partial charge in [0.05, 0.1) is 21.3 Å². The number of nitrogens with one attached hydrogen (secondary N) is 1. The minimum Gasteiger partial charge on any atom is -0.500 e. The standard InChI is InChI=1S/C14H16ClNO6/c1-19-8-12(13(17)20-2)22-11-5-4-10(15)6-9(11)7-16-14(18)21-3/h4-6,8H,7H2,1-3H3,(H,16,18)/b12-8+. The summed E-state index contributed by atoms with van der Waals surface area (Å²) in [5.41, 5.74) is 0.545. The molecule has 1 amide bonds. The van der Waals surface area contributed by atoms with Gasteiger partial charge >= 0.3 is 12.1 Å². The molecular weight excluding hydrogens is 314 g/mol. The van der Waals surface area contributed by atoms with Gasteiger partial charge in [-0.2, -0.15) is 0 Å². The lowest BCUT2D eigenvalue weighted by Gasteiger charge is -2.13. The van der Waals surface area contributed by atoms with Gasteiger partial charge in [-0.05, 0) is 18.2 Å². The molecule has 0 aliphatic rings. The van der Waals surface area contributed by atoms with E-state index in [4.69, 9.17) is 21.1 Å². The fraction of sp³-hybridized carbons (Fsp3) is 0.286. The summed E-state index contributed by atoms with van der Waals surface area (Å²) in [4.78, 5) is 22.7. The summed E-state index contributed by atoms with van der Waals surface area (Å²) >= 11 is 5.92. The van der Waals surface area contributed by atoms with E-state index in [1.165, 1.54) is 21.3 Å². The molecule has 0 aromatic heterocycles. The van der Waals surface area contributed by atoms with Gasteiger partial charge in [0, 0.05) is 17.1 Å². The number of esters is 1. The number of carbonyl (C=O) groups excluding carboxylic acids is 2. The zero-order valence-electron chi connectivity index (χ0n) is 12.3. The van der Waals surface area contributed by atoms with Crippen LogP contribution in [0.1, 0.15) is 5.56 Å². The van der Waals surface area contributed by atoms with Crippen molar-refractivity contribution in [3.63, 3.8) is 0 Å². The van der Waals surface area contributed by atoms with E-state index < -0.39 is 12.1 Å². The molecular formula is C14H16ClNO6. The summed E-state index contributed by atoms with van der Waals surface area (Å²) in [7, 11) is 3.84. The summed E-state index contributed by atoms with van der Waals surface area (Å²) in [6.45, 7) is 0.101. The maximum atomic E-state index is 11.6. The Morgan fingerprint density at radius 3 is 2.55 bits per heavy atom. The summed E-state index contributed by atoms with van der Waals surface area (Å²) in [5, 5.41) is 2.95. The van der Waals surface area contributed by atoms with Gasteiger partial charge in [0.2, 0.25) is 5.76 Å². The lowest BCUT2D eigenvalue weighted by atomic mass is 10.2. The van der Waals surface area contributed by atoms with E-state index in [1.807, 2.05) is 0 Å². The van der Waals surface area contributed by atoms with Crippen molar-refractivity contribution in [1.82, 2.24) is 5.32 Å². The zero-order valence-corrected chi connectivity index (χ0v) is 13.1. The number of amides is 1. The highest BCUT2D eigenvalue weighted by Crippen LogP contribution is 2.25. The molecule has 0 spiro atoms. The van der Waals surface area contributed by atoms with Crippen molar-refractivity contribution >= 4 is 23.7 Å². The molecule has 0 aliphatic heterocycles. The van der Waals surface area contributed by atoms with E-state index in [0.717, 1.165) is 6.26 Å². The van der Waals surface area contributed by atoms with Crippen molar-refractivity contribution < 1.29 is 28.5 Å². The number of ether oxygens (including phenoxy) is 4. The van der Waals surface area contributed by atoms with Crippen molar-refractivity contribution in [2.75, 3.05) is 21.3 Å². The zero-order chi connectivity index (χ0) is 16.5. The van der Waals surface area contributed by atoms with E-state index in [-0.39, 0.29) is 12.3 Å². The van der Waals surface area contributed by atoms with Crippen molar-refractivity contribution in [3.8, 4) is 5.75 Å². The maximum absolute atomic E-state index is 11.6. The molecule has 0 aliphatic carbocycles. The molecule has 8 heteroatoms. The van der Waals surface area contributed by atoms with Gasteiger partial charge in [-0.3, -0.25) is 0 Å². The van der Waals surface area contributed by atoms with Gasteiger partial charge in [-0.1, -0.05) is 11.6 Å². The first kappa shape index (κ1) is 17.6. The minimum atomic E-state index is -0.705. The molecule has 0 bridgehead atoms. The van der Waals surface area contributed by atoms with Crippen molar-refractivity contribution in [1.29, 1.82) is 0 Å². The second kappa shape index (κ2) is 8.78. The Morgan fingerprint density at radius 1 is 1.23 bits per heavy atom. The number of rotatable bonds is 6. The van der Waals surface area contributed by atoms with Gasteiger partial charge in [0.1, 0.15) is 12.0 Å². The highest BCUT2D eigenvalue weighted by Gasteiger charge is 2.16. The predicted octanol–water partition coefficient (Wildman–Crippen LogP) is 2.24. The van der Waals surface area contributed by atoms with E-state index in [2.05, 4.69) is 14.8 Å². The van der Waals surface area contributed by atoms with Crippen LogP contribution in [0.2, 0.25) is 5.02 Å². The molecule has 1 aromatic rings. The number of halogens is 1. The Kier molecular flexibility index (Phi) is 7.04. The third-order valence-corrected chi connectivity index (χ3v) is 2.70. The first-order valence-corrected chi connectivity index (χ1v) is 6.49. The number of alkyl carbamates (subject to hydrolysis) is 1. The van der Waals surface area contributed by atoms with Crippen molar-refractivity contribution in [2.45, 2.75) is 6.54 Å². The number of methoxy groups -OCH3 is 3. The Hall–Kier alpha value is -2.41. The average molecular weight is 330 g/mol. The molecule has 22 heavy (non-hydrogen) atoms. The van der Waals surface area contributed by atoms with Crippen LogP contribution in [0, 0.1) is 0 Å². The SMILES string of the molecule is CO/C=C(/Oc1ccc(Cl)cc1CNC(=O)OC)C(=O)OC. The summed E-state index contributed by atoms with van der Waals surface area (Å²) < 4.78 is 19.3. The lowest BCUT2D eigenvalue weighted by Crippen LogP contribution is -2.23. The average Bonchev–Trinajstić information content (AvgIpc) is 2.53. The van der Waals surface area contributed by atoms with Crippen LogP contribution in [0.25, 0.3) is 0 Å². The molecule has 1 rings (SSSR count). The van der Waals surface area contributed by atoms with Crippen LogP contribution in [-0.2, 0) is 25.5 Å². The van der Waals surface area contributed by atoms with Crippen LogP contribution >= 0.6 is 11.6 Å². The Morgan fingerprint density at radius 2 is 1.95 bits per heavy atom. The Labute approximate surface area is 132 Å². The van der Waals surface area contributed by atoms with Crippen LogP contribution in [-0.4, -0.2) is 33.4 Å². The molecule has 0 saturated carbocycles. The second-order valence-electron chi connectivity index (χ2n) is 3.91. The predicted molar refractivity (Wildman–Crippen MR) is 78.4 cm³/mol. The van der Waals surface area contributed by atoms with Crippen LogP contribution in [0.15, 0.2) is 30.2 Å². The van der Waals surface area contributed by atoms with Gasteiger partial charge in [0.25, 0.3) is 0 Å². The topological polar surface area (TPSA) is 83.1 Å². The number of hydrogen-bond acceptors (Lipinski definition) is 6. The lowest BCUT2D eigenvalue weighted by molar-refractivity contribution is -0.138. The highest BCUT2D eigenvalue weighted by molar-refractivity contribution is 6.30. The quantitative estimate of drug-likeness (QED) is 0.489. The highest BCUT2D eigenvalue weighted by atomic mass is 35.5. The van der Waals surface area contributed by atoms with Crippen molar-refractivity contribution in [3.05, 3.63) is 40.8 Å². The monoisotopic (exact) mass is 329 g/mol. The Bertz CT molecular complexity index is 572. The van der Waals surface area contributed by atoms with Crippen LogP contribution in [0.5, 0.6) is 5.75 Å². The van der Waals surface area contributed by atoms with Crippen LogP contribution < -0.4 is 10.1 Å². The molecule has 0 saturated heterocycles. The minimum absolute atomic E-state index is 0.101. The fourth-order valence-corrected chi connectivity index (χ4v) is 1.66. The van der Waals surface area contributed by atoms with Gasteiger partial charge in [-0.15, -0.1) is 0 Å². The summed E-state index contributed by atoms with van der Waals surface area (Å²) in [6.07, 6.45) is 0.504. The first-order chi connectivity index (χ1) is 10.5. The van der Waals surface area contributed by atoms with Gasteiger partial charge < -0.3 is 24.3 Å². The van der Waals surface area contributed by atoms with Gasteiger partial charge in [-0.25, -0.2) is 9.59 Å².